The van der Waals surface area contributed by atoms with Crippen molar-refractivity contribution in [2.45, 2.75) is 24.0 Å². The molecule has 4 rings (SSSR count). The molecule has 32 heavy (non-hydrogen) atoms. The number of benzene rings is 3. The van der Waals surface area contributed by atoms with Gasteiger partial charge in [-0.3, -0.25) is 4.31 Å². The van der Waals surface area contributed by atoms with Crippen LogP contribution in [0.25, 0.3) is 0 Å². The third kappa shape index (κ3) is 4.74. The molecule has 1 aliphatic rings. The van der Waals surface area contributed by atoms with Gasteiger partial charge in [-0.1, -0.05) is 60.1 Å². The number of nitrogens with zero attached hydrogens (tertiary/aromatic N) is 2. The minimum atomic E-state index is -3.86. The highest BCUT2D eigenvalue weighted by Gasteiger charge is 2.35. The van der Waals surface area contributed by atoms with E-state index >= 15 is 0 Å². The lowest BCUT2D eigenvalue weighted by Gasteiger charge is -2.35. The van der Waals surface area contributed by atoms with E-state index in [1.165, 1.54) is 21.3 Å². The fourth-order valence-electron chi connectivity index (χ4n) is 3.71. The number of amides is 1. The minimum absolute atomic E-state index is 0.0346. The lowest BCUT2D eigenvalue weighted by Crippen LogP contribution is -2.45. The second-order valence-electron chi connectivity index (χ2n) is 7.67. The Morgan fingerprint density at radius 3 is 2.41 bits per heavy atom. The van der Waals surface area contributed by atoms with E-state index in [-0.39, 0.29) is 11.4 Å². The van der Waals surface area contributed by atoms with E-state index in [0.717, 1.165) is 11.1 Å². The Morgan fingerprint density at radius 1 is 1.03 bits per heavy atom. The number of fused-ring (bicyclic) bond motifs is 1. The van der Waals surface area contributed by atoms with Crippen molar-refractivity contribution in [3.8, 4) is 0 Å². The first-order valence-electron chi connectivity index (χ1n) is 10.2. The van der Waals surface area contributed by atoms with Gasteiger partial charge < -0.3 is 9.64 Å². The molecule has 1 atom stereocenters. The monoisotopic (exact) mass is 470 g/mol. The molecule has 0 unspecified atom stereocenters. The molecule has 3 aromatic carbocycles. The van der Waals surface area contributed by atoms with Gasteiger partial charge in [0.1, 0.15) is 6.10 Å². The lowest BCUT2D eigenvalue weighted by molar-refractivity contribution is 0.0698. The first kappa shape index (κ1) is 22.2. The fraction of sp³-hybridized carbons (Fsp3) is 0.208. The number of hydrogen-bond acceptors (Lipinski definition) is 4. The normalized spacial score (nSPS) is 15.7. The summed E-state index contributed by atoms with van der Waals surface area (Å²) in [4.78, 5) is 14.3. The molecule has 0 radical (unpaired) electrons. The van der Waals surface area contributed by atoms with E-state index in [9.17, 15) is 13.2 Å². The highest BCUT2D eigenvalue weighted by atomic mass is 35.5. The quantitative estimate of drug-likeness (QED) is 0.540. The van der Waals surface area contributed by atoms with Crippen LogP contribution in [-0.4, -0.2) is 39.1 Å². The molecule has 0 bridgehead atoms. The van der Waals surface area contributed by atoms with Gasteiger partial charge in [0.05, 0.1) is 17.1 Å². The van der Waals surface area contributed by atoms with Gasteiger partial charge in [-0.25, -0.2) is 13.2 Å². The lowest BCUT2D eigenvalue weighted by atomic mass is 10.0. The van der Waals surface area contributed by atoms with E-state index in [4.69, 9.17) is 16.3 Å². The molecule has 166 valence electrons. The molecule has 0 aliphatic carbocycles. The molecule has 0 aromatic heterocycles. The number of carbonyl (C=O) groups is 1. The van der Waals surface area contributed by atoms with E-state index in [1.807, 2.05) is 42.5 Å². The first-order chi connectivity index (χ1) is 15.3. The number of anilines is 1. The van der Waals surface area contributed by atoms with Crippen LogP contribution in [0.15, 0.2) is 83.8 Å². The van der Waals surface area contributed by atoms with Crippen LogP contribution < -0.4 is 4.31 Å². The van der Waals surface area contributed by atoms with Crippen molar-refractivity contribution >= 4 is 33.4 Å². The van der Waals surface area contributed by atoms with Gasteiger partial charge >= 0.3 is 6.09 Å². The largest absolute Gasteiger partial charge is 0.444 e. The summed E-state index contributed by atoms with van der Waals surface area (Å²) in [7, 11) is -2.20. The van der Waals surface area contributed by atoms with Crippen LogP contribution in [0.1, 0.15) is 11.1 Å². The fourth-order valence-corrected chi connectivity index (χ4v) is 5.37. The highest BCUT2D eigenvalue weighted by molar-refractivity contribution is 7.92. The standard InChI is InChI=1S/C24H23ClN2O4S/c1-26(16-18-7-3-2-4-8-18)24(28)31-21-15-19-9-5-6-10-23(19)27(17-21)32(29,30)22-13-11-20(25)12-14-22/h2-14,21H,15-17H2,1H3/t21-/m0/s1. The molecular weight excluding hydrogens is 448 g/mol. The van der Waals surface area contributed by atoms with Crippen LogP contribution in [0.2, 0.25) is 5.02 Å². The number of para-hydroxylation sites is 1. The molecule has 0 spiro atoms. The average molecular weight is 471 g/mol. The number of ether oxygens (including phenoxy) is 1. The maximum atomic E-state index is 13.4. The molecule has 1 amide bonds. The van der Waals surface area contributed by atoms with Crippen LogP contribution in [0.4, 0.5) is 10.5 Å². The SMILES string of the molecule is CN(Cc1ccccc1)C(=O)O[C@H]1Cc2ccccc2N(S(=O)(=O)c2ccc(Cl)cc2)C1. The molecule has 0 N–H and O–H groups in total. The van der Waals surface area contributed by atoms with E-state index in [1.54, 1.807) is 31.3 Å². The number of rotatable bonds is 5. The van der Waals surface area contributed by atoms with Gasteiger partial charge in [-0.05, 0) is 41.5 Å². The maximum Gasteiger partial charge on any atom is 0.410 e. The van der Waals surface area contributed by atoms with Gasteiger partial charge in [0.25, 0.3) is 10.0 Å². The summed E-state index contributed by atoms with van der Waals surface area (Å²) in [6.07, 6.45) is -0.673. The third-order valence-corrected chi connectivity index (χ3v) is 7.37. The summed E-state index contributed by atoms with van der Waals surface area (Å²) in [6.45, 7) is 0.433. The van der Waals surface area contributed by atoms with Crippen molar-refractivity contribution in [2.75, 3.05) is 17.9 Å². The molecule has 1 aliphatic heterocycles. The topological polar surface area (TPSA) is 66.9 Å². The van der Waals surface area contributed by atoms with E-state index < -0.39 is 22.2 Å². The number of hydrogen-bond donors (Lipinski definition) is 0. The van der Waals surface area contributed by atoms with Gasteiger partial charge in [-0.15, -0.1) is 0 Å². The van der Waals surface area contributed by atoms with Crippen molar-refractivity contribution in [1.29, 1.82) is 0 Å². The molecular formula is C24H23ClN2O4S. The Bertz CT molecular complexity index is 1200. The van der Waals surface area contributed by atoms with Crippen molar-refractivity contribution in [3.63, 3.8) is 0 Å². The summed E-state index contributed by atoms with van der Waals surface area (Å²) < 4.78 is 33.8. The molecule has 8 heteroatoms. The predicted molar refractivity (Wildman–Crippen MR) is 124 cm³/mol. The highest BCUT2D eigenvalue weighted by Crippen LogP contribution is 2.33. The van der Waals surface area contributed by atoms with Gasteiger partial charge in [0.15, 0.2) is 0 Å². The minimum Gasteiger partial charge on any atom is -0.444 e. The van der Waals surface area contributed by atoms with Crippen molar-refractivity contribution in [1.82, 2.24) is 4.90 Å². The summed E-state index contributed by atoms with van der Waals surface area (Å²) >= 11 is 5.93. The molecule has 6 nitrogen and oxygen atoms in total. The Balaban J connectivity index is 1.55. The van der Waals surface area contributed by atoms with Gasteiger partial charge in [-0.2, -0.15) is 0 Å². The van der Waals surface area contributed by atoms with Crippen LogP contribution in [0, 0.1) is 0 Å². The zero-order chi connectivity index (χ0) is 22.7. The van der Waals surface area contributed by atoms with E-state index in [0.29, 0.717) is 23.7 Å². The summed E-state index contributed by atoms with van der Waals surface area (Å²) in [6, 6.07) is 22.9. The first-order valence-corrected chi connectivity index (χ1v) is 12.0. The summed E-state index contributed by atoms with van der Waals surface area (Å²) in [5, 5.41) is 0.455. The second kappa shape index (κ2) is 9.22. The van der Waals surface area contributed by atoms with Crippen LogP contribution in [0.3, 0.4) is 0 Å². The number of halogens is 1. The molecule has 1 heterocycles. The molecule has 0 fully saturated rings. The van der Waals surface area contributed by atoms with Gasteiger partial charge in [0, 0.05) is 25.0 Å². The summed E-state index contributed by atoms with van der Waals surface area (Å²) in [5.41, 5.74) is 2.38. The molecule has 0 saturated heterocycles. The van der Waals surface area contributed by atoms with Crippen molar-refractivity contribution in [3.05, 3.63) is 95.0 Å². The number of sulfonamides is 1. The smallest absolute Gasteiger partial charge is 0.410 e. The average Bonchev–Trinajstić information content (AvgIpc) is 2.79. The predicted octanol–water partition coefficient (Wildman–Crippen LogP) is 4.73. The molecule has 0 saturated carbocycles. The zero-order valence-corrected chi connectivity index (χ0v) is 19.1. The van der Waals surface area contributed by atoms with Gasteiger partial charge in [0.2, 0.25) is 0 Å². The maximum absolute atomic E-state index is 13.4. The van der Waals surface area contributed by atoms with Crippen LogP contribution in [-0.2, 0) is 27.7 Å². The van der Waals surface area contributed by atoms with Crippen LogP contribution >= 0.6 is 11.6 Å². The number of carbonyl (C=O) groups excluding carboxylic acids is 1. The molecule has 3 aromatic rings. The Kier molecular flexibility index (Phi) is 6.39. The Hall–Kier alpha value is -3.03. The van der Waals surface area contributed by atoms with Crippen molar-refractivity contribution in [2.24, 2.45) is 0 Å². The summed E-state index contributed by atoms with van der Waals surface area (Å²) in [5.74, 6) is 0. The Labute approximate surface area is 193 Å². The third-order valence-electron chi connectivity index (χ3n) is 5.32. The van der Waals surface area contributed by atoms with E-state index in [2.05, 4.69) is 0 Å². The van der Waals surface area contributed by atoms with Crippen LogP contribution in [0.5, 0.6) is 0 Å². The Morgan fingerprint density at radius 2 is 1.69 bits per heavy atom. The zero-order valence-electron chi connectivity index (χ0n) is 17.5. The van der Waals surface area contributed by atoms with Crippen molar-refractivity contribution < 1.29 is 17.9 Å². The second-order valence-corrected chi connectivity index (χ2v) is 9.97.